The Morgan fingerprint density at radius 1 is 1.04 bits per heavy atom. The largest absolute Gasteiger partial charge is 0.480 e. The van der Waals surface area contributed by atoms with Crippen molar-refractivity contribution in [1.29, 1.82) is 0 Å². The number of carbonyl (C=O) groups is 1. The summed E-state index contributed by atoms with van der Waals surface area (Å²) in [7, 11) is 1.61. The third-order valence-electron chi connectivity index (χ3n) is 4.17. The summed E-state index contributed by atoms with van der Waals surface area (Å²) < 4.78 is 48.2. The molecule has 28 heavy (non-hydrogen) atoms. The third kappa shape index (κ3) is 3.55. The van der Waals surface area contributed by atoms with Crippen molar-refractivity contribution in [1.82, 2.24) is 14.8 Å². The molecular weight excluding hydrogens is 373 g/mol. The van der Waals surface area contributed by atoms with Gasteiger partial charge in [0, 0.05) is 18.7 Å². The zero-order valence-electron chi connectivity index (χ0n) is 15.3. The van der Waals surface area contributed by atoms with Crippen LogP contribution in [0.25, 0.3) is 11.4 Å². The molecule has 0 aliphatic carbocycles. The Balaban J connectivity index is 1.95. The Labute approximate surface area is 158 Å². The minimum absolute atomic E-state index is 0.0330. The molecule has 146 valence electrons. The van der Waals surface area contributed by atoms with Crippen LogP contribution in [0.15, 0.2) is 36.4 Å². The number of carbonyl (C=O) groups excluding carboxylic acids is 1. The molecule has 0 saturated heterocycles. The van der Waals surface area contributed by atoms with E-state index in [-0.39, 0.29) is 22.7 Å². The van der Waals surface area contributed by atoms with Gasteiger partial charge in [-0.2, -0.15) is 0 Å². The minimum atomic E-state index is -1.09. The first-order valence-electron chi connectivity index (χ1n) is 8.24. The Morgan fingerprint density at radius 2 is 1.75 bits per heavy atom. The molecule has 2 aromatic carbocycles. The summed E-state index contributed by atoms with van der Waals surface area (Å²) in [4.78, 5) is 11.2. The van der Waals surface area contributed by atoms with Gasteiger partial charge in [-0.3, -0.25) is 4.79 Å². The Kier molecular flexibility index (Phi) is 4.84. The lowest BCUT2D eigenvalue weighted by Gasteiger charge is -2.25. The number of nitrogens with zero attached hydrogens (tertiary/aromatic N) is 3. The van der Waals surface area contributed by atoms with Crippen LogP contribution in [0.2, 0.25) is 0 Å². The molecule has 0 aliphatic rings. The predicted molar refractivity (Wildman–Crippen MR) is 94.9 cm³/mol. The van der Waals surface area contributed by atoms with E-state index in [0.717, 1.165) is 18.2 Å². The van der Waals surface area contributed by atoms with Gasteiger partial charge in [-0.1, -0.05) is 0 Å². The lowest BCUT2D eigenvalue weighted by molar-refractivity contribution is 0.0943. The second-order valence-corrected chi connectivity index (χ2v) is 6.65. The topological polar surface area (TPSA) is 83.0 Å². The number of nitrogens with two attached hydrogens (primary N) is 1. The van der Waals surface area contributed by atoms with Crippen LogP contribution in [-0.4, -0.2) is 20.7 Å². The molecule has 1 aromatic heterocycles. The van der Waals surface area contributed by atoms with Crippen molar-refractivity contribution in [2.45, 2.75) is 19.4 Å². The van der Waals surface area contributed by atoms with Crippen molar-refractivity contribution >= 4 is 5.91 Å². The fourth-order valence-electron chi connectivity index (χ4n) is 2.82. The van der Waals surface area contributed by atoms with Gasteiger partial charge in [0.1, 0.15) is 11.6 Å². The van der Waals surface area contributed by atoms with Crippen LogP contribution >= 0.6 is 0 Å². The molecule has 0 spiro atoms. The lowest BCUT2D eigenvalue weighted by Crippen LogP contribution is -2.29. The minimum Gasteiger partial charge on any atom is -0.480 e. The fourth-order valence-corrected chi connectivity index (χ4v) is 2.82. The van der Waals surface area contributed by atoms with E-state index in [4.69, 9.17) is 10.5 Å². The second-order valence-electron chi connectivity index (χ2n) is 6.65. The smallest absolute Gasteiger partial charge is 0.248 e. The molecule has 3 aromatic rings. The quantitative estimate of drug-likeness (QED) is 0.725. The Morgan fingerprint density at radius 3 is 2.36 bits per heavy atom. The SMILES string of the molecule is Cn1c(-c2ccc(C(N)=O)cc2F)nnc1C(C)(C)Oc1ccc(F)c(F)c1. The van der Waals surface area contributed by atoms with E-state index in [9.17, 15) is 18.0 Å². The summed E-state index contributed by atoms with van der Waals surface area (Å²) in [5, 5.41) is 8.06. The van der Waals surface area contributed by atoms with Crippen molar-refractivity contribution in [3.05, 3.63) is 65.2 Å². The summed E-state index contributed by atoms with van der Waals surface area (Å²) in [6.07, 6.45) is 0. The number of halogens is 3. The van der Waals surface area contributed by atoms with E-state index in [0.29, 0.717) is 5.82 Å². The van der Waals surface area contributed by atoms with Gasteiger partial charge in [0.05, 0.1) is 5.56 Å². The first-order chi connectivity index (χ1) is 13.1. The van der Waals surface area contributed by atoms with Crippen LogP contribution in [0.1, 0.15) is 30.0 Å². The van der Waals surface area contributed by atoms with Gasteiger partial charge in [0.25, 0.3) is 0 Å². The Bertz CT molecular complexity index is 1060. The molecule has 0 unspecified atom stereocenters. The molecule has 9 heteroatoms. The maximum absolute atomic E-state index is 14.4. The first kappa shape index (κ1) is 19.4. The van der Waals surface area contributed by atoms with Crippen LogP contribution < -0.4 is 10.5 Å². The number of rotatable bonds is 5. The lowest BCUT2D eigenvalue weighted by atomic mass is 10.1. The molecule has 0 fully saturated rings. The van der Waals surface area contributed by atoms with Crippen molar-refractivity contribution in [3.8, 4) is 17.1 Å². The van der Waals surface area contributed by atoms with E-state index in [1.165, 1.54) is 22.8 Å². The third-order valence-corrected chi connectivity index (χ3v) is 4.17. The number of primary amides is 1. The molecule has 3 rings (SSSR count). The van der Waals surface area contributed by atoms with Gasteiger partial charge in [-0.25, -0.2) is 13.2 Å². The summed E-state index contributed by atoms with van der Waals surface area (Å²) in [5.74, 6) is -2.83. The van der Waals surface area contributed by atoms with Crippen LogP contribution in [0.4, 0.5) is 13.2 Å². The highest BCUT2D eigenvalue weighted by molar-refractivity contribution is 5.93. The van der Waals surface area contributed by atoms with E-state index in [1.807, 2.05) is 0 Å². The van der Waals surface area contributed by atoms with Crippen molar-refractivity contribution < 1.29 is 22.7 Å². The van der Waals surface area contributed by atoms with Crippen molar-refractivity contribution in [2.75, 3.05) is 0 Å². The molecule has 0 saturated carbocycles. The molecular formula is C19H17F3N4O2. The molecule has 0 radical (unpaired) electrons. The van der Waals surface area contributed by atoms with Crippen molar-refractivity contribution in [3.63, 3.8) is 0 Å². The monoisotopic (exact) mass is 390 g/mol. The van der Waals surface area contributed by atoms with Gasteiger partial charge < -0.3 is 15.0 Å². The van der Waals surface area contributed by atoms with Gasteiger partial charge in [-0.05, 0) is 44.2 Å². The molecule has 0 aliphatic heterocycles. The average Bonchev–Trinajstić information content (AvgIpc) is 3.00. The second kappa shape index (κ2) is 6.99. The van der Waals surface area contributed by atoms with E-state index in [2.05, 4.69) is 10.2 Å². The van der Waals surface area contributed by atoms with E-state index < -0.39 is 29.0 Å². The number of hydrogen-bond donors (Lipinski definition) is 1. The van der Waals surface area contributed by atoms with Gasteiger partial charge in [0.15, 0.2) is 28.9 Å². The van der Waals surface area contributed by atoms with Gasteiger partial charge >= 0.3 is 0 Å². The summed E-state index contributed by atoms with van der Waals surface area (Å²) in [6.45, 7) is 3.32. The van der Waals surface area contributed by atoms with Crippen molar-refractivity contribution in [2.24, 2.45) is 12.8 Å². The van der Waals surface area contributed by atoms with E-state index >= 15 is 0 Å². The fraction of sp³-hybridized carbons (Fsp3) is 0.211. The molecule has 1 amide bonds. The highest BCUT2D eigenvalue weighted by Crippen LogP contribution is 2.30. The average molecular weight is 390 g/mol. The zero-order valence-corrected chi connectivity index (χ0v) is 15.3. The first-order valence-corrected chi connectivity index (χ1v) is 8.24. The molecule has 0 bridgehead atoms. The molecule has 2 N–H and O–H groups in total. The molecule has 0 atom stereocenters. The maximum atomic E-state index is 14.4. The zero-order chi connectivity index (χ0) is 20.6. The standard InChI is InChI=1S/C19H17F3N4O2/c1-19(2,28-11-5-7-13(20)15(22)9-11)18-25-24-17(26(18)3)12-6-4-10(16(23)27)8-14(12)21/h4-9H,1-3H3,(H2,23,27). The Hall–Kier alpha value is -3.36. The highest BCUT2D eigenvalue weighted by atomic mass is 19.2. The predicted octanol–water partition coefficient (Wildman–Crippen LogP) is 3.31. The number of hydrogen-bond acceptors (Lipinski definition) is 4. The highest BCUT2D eigenvalue weighted by Gasteiger charge is 2.31. The molecule has 1 heterocycles. The van der Waals surface area contributed by atoms with Crippen LogP contribution in [0.5, 0.6) is 5.75 Å². The number of benzene rings is 2. The van der Waals surface area contributed by atoms with Crippen LogP contribution in [0, 0.1) is 17.5 Å². The normalized spacial score (nSPS) is 11.5. The summed E-state index contributed by atoms with van der Waals surface area (Å²) >= 11 is 0. The number of ether oxygens (including phenoxy) is 1. The summed E-state index contributed by atoms with van der Waals surface area (Å²) in [6, 6.07) is 6.97. The maximum Gasteiger partial charge on any atom is 0.248 e. The van der Waals surface area contributed by atoms with Crippen LogP contribution in [-0.2, 0) is 12.6 Å². The van der Waals surface area contributed by atoms with Crippen LogP contribution in [0.3, 0.4) is 0 Å². The van der Waals surface area contributed by atoms with Gasteiger partial charge in [0.2, 0.25) is 5.91 Å². The van der Waals surface area contributed by atoms with E-state index in [1.54, 1.807) is 20.9 Å². The number of amides is 1. The number of aromatic nitrogens is 3. The summed E-state index contributed by atoms with van der Waals surface area (Å²) in [5.41, 5.74) is 4.21. The van der Waals surface area contributed by atoms with Gasteiger partial charge in [-0.15, -0.1) is 10.2 Å². The molecule has 6 nitrogen and oxygen atoms in total.